The second-order valence-electron chi connectivity index (χ2n) is 3.47. The minimum atomic E-state index is -0.262. The van der Waals surface area contributed by atoms with Gasteiger partial charge in [0.15, 0.2) is 0 Å². The third kappa shape index (κ3) is 2.55. The number of halogens is 1. The van der Waals surface area contributed by atoms with Gasteiger partial charge >= 0.3 is 0 Å². The maximum absolute atomic E-state index is 13.1. The highest BCUT2D eigenvalue weighted by Crippen LogP contribution is 2.16. The average Bonchev–Trinajstić information content (AvgIpc) is 2.34. The monoisotopic (exact) mass is 228 g/mol. The maximum Gasteiger partial charge on any atom is 0.228 e. The van der Waals surface area contributed by atoms with Crippen molar-refractivity contribution >= 4 is 11.6 Å². The van der Waals surface area contributed by atoms with E-state index in [1.54, 1.807) is 19.1 Å². The summed E-state index contributed by atoms with van der Waals surface area (Å²) in [4.78, 5) is 7.93. The summed E-state index contributed by atoms with van der Waals surface area (Å²) in [7, 11) is 0. The highest BCUT2D eigenvalue weighted by molar-refractivity contribution is 5.54. The SMILES string of the molecule is Cc1cc(Nc2nccc(C#N)n2)ccc1F. The number of rotatable bonds is 2. The Morgan fingerprint density at radius 3 is 2.88 bits per heavy atom. The Morgan fingerprint density at radius 2 is 2.18 bits per heavy atom. The van der Waals surface area contributed by atoms with Crippen molar-refractivity contribution in [3.63, 3.8) is 0 Å². The lowest BCUT2D eigenvalue weighted by molar-refractivity contribution is 0.619. The van der Waals surface area contributed by atoms with Crippen LogP contribution in [-0.2, 0) is 0 Å². The lowest BCUT2D eigenvalue weighted by Gasteiger charge is -2.05. The van der Waals surface area contributed by atoms with E-state index in [9.17, 15) is 4.39 Å². The van der Waals surface area contributed by atoms with E-state index in [2.05, 4.69) is 15.3 Å². The average molecular weight is 228 g/mol. The lowest BCUT2D eigenvalue weighted by Crippen LogP contribution is -1.98. The summed E-state index contributed by atoms with van der Waals surface area (Å²) in [6, 6.07) is 8.04. The van der Waals surface area contributed by atoms with Crippen LogP contribution in [0.1, 0.15) is 11.3 Å². The molecule has 0 saturated carbocycles. The number of anilines is 2. The first-order valence-corrected chi connectivity index (χ1v) is 4.95. The summed E-state index contributed by atoms with van der Waals surface area (Å²) in [6.45, 7) is 1.67. The number of aryl methyl sites for hydroxylation is 1. The standard InChI is InChI=1S/C12H9FN4/c1-8-6-9(2-3-11(8)13)16-12-15-5-4-10(7-14)17-12/h2-6H,1H3,(H,15,16,17). The number of nitrogens with zero attached hydrogens (tertiary/aromatic N) is 3. The molecule has 1 N–H and O–H groups in total. The van der Waals surface area contributed by atoms with E-state index in [-0.39, 0.29) is 11.5 Å². The molecule has 0 bridgehead atoms. The second-order valence-corrected chi connectivity index (χ2v) is 3.47. The van der Waals surface area contributed by atoms with Crippen LogP contribution in [0.4, 0.5) is 16.0 Å². The summed E-state index contributed by atoms with van der Waals surface area (Å²) in [5.41, 5.74) is 1.49. The Kier molecular flexibility index (Phi) is 2.97. The van der Waals surface area contributed by atoms with Gasteiger partial charge in [-0.3, -0.25) is 0 Å². The summed E-state index contributed by atoms with van der Waals surface area (Å²) in [5.74, 6) is 0.0531. The lowest BCUT2D eigenvalue weighted by atomic mass is 10.2. The van der Waals surface area contributed by atoms with E-state index in [1.807, 2.05) is 6.07 Å². The quantitative estimate of drug-likeness (QED) is 0.857. The molecule has 0 amide bonds. The third-order valence-corrected chi connectivity index (χ3v) is 2.18. The molecular weight excluding hydrogens is 219 g/mol. The van der Waals surface area contributed by atoms with Crippen molar-refractivity contribution in [3.8, 4) is 6.07 Å². The Labute approximate surface area is 97.8 Å². The van der Waals surface area contributed by atoms with E-state index in [0.717, 1.165) is 0 Å². The van der Waals surface area contributed by atoms with Crippen molar-refractivity contribution < 1.29 is 4.39 Å². The van der Waals surface area contributed by atoms with Crippen molar-refractivity contribution in [2.24, 2.45) is 0 Å². The van der Waals surface area contributed by atoms with Crippen LogP contribution in [0.3, 0.4) is 0 Å². The van der Waals surface area contributed by atoms with E-state index >= 15 is 0 Å². The third-order valence-electron chi connectivity index (χ3n) is 2.18. The topological polar surface area (TPSA) is 61.6 Å². The van der Waals surface area contributed by atoms with Gasteiger partial charge in [0, 0.05) is 11.9 Å². The molecule has 0 saturated heterocycles. The Hall–Kier alpha value is -2.48. The largest absolute Gasteiger partial charge is 0.324 e. The van der Waals surface area contributed by atoms with Crippen LogP contribution in [0.15, 0.2) is 30.5 Å². The van der Waals surface area contributed by atoms with E-state index in [1.165, 1.54) is 18.3 Å². The Balaban J connectivity index is 2.25. The minimum Gasteiger partial charge on any atom is -0.324 e. The van der Waals surface area contributed by atoms with Crippen LogP contribution in [0.5, 0.6) is 0 Å². The van der Waals surface area contributed by atoms with E-state index in [0.29, 0.717) is 17.2 Å². The molecule has 0 aliphatic rings. The maximum atomic E-state index is 13.1. The molecule has 2 rings (SSSR count). The van der Waals surface area contributed by atoms with Crippen LogP contribution >= 0.6 is 0 Å². The first kappa shape index (κ1) is 11.0. The molecular formula is C12H9FN4. The van der Waals surface area contributed by atoms with Gasteiger partial charge in [-0.2, -0.15) is 5.26 Å². The van der Waals surface area contributed by atoms with Crippen LogP contribution in [0, 0.1) is 24.1 Å². The molecule has 84 valence electrons. The number of nitrogens with one attached hydrogen (secondary N) is 1. The summed E-state index contributed by atoms with van der Waals surface area (Å²) < 4.78 is 13.1. The molecule has 0 atom stereocenters. The zero-order chi connectivity index (χ0) is 12.3. The first-order chi connectivity index (χ1) is 8.19. The second kappa shape index (κ2) is 4.58. The van der Waals surface area contributed by atoms with Crippen LogP contribution in [-0.4, -0.2) is 9.97 Å². The molecule has 0 fully saturated rings. The molecule has 2 aromatic rings. The highest BCUT2D eigenvalue weighted by atomic mass is 19.1. The molecule has 0 aliphatic carbocycles. The fourth-order valence-electron chi connectivity index (χ4n) is 1.33. The smallest absolute Gasteiger partial charge is 0.228 e. The van der Waals surface area contributed by atoms with Gasteiger partial charge in [-0.1, -0.05) is 0 Å². The van der Waals surface area contributed by atoms with Crippen LogP contribution < -0.4 is 5.32 Å². The zero-order valence-electron chi connectivity index (χ0n) is 9.11. The fourth-order valence-corrected chi connectivity index (χ4v) is 1.33. The summed E-state index contributed by atoms with van der Waals surface area (Å²) >= 11 is 0. The van der Waals surface area contributed by atoms with Crippen LogP contribution in [0.25, 0.3) is 0 Å². The molecule has 0 aliphatic heterocycles. The predicted octanol–water partition coefficient (Wildman–Crippen LogP) is 2.54. The number of aromatic nitrogens is 2. The van der Waals surface area contributed by atoms with Crippen molar-refractivity contribution in [3.05, 3.63) is 47.5 Å². The molecule has 0 radical (unpaired) electrons. The molecule has 0 unspecified atom stereocenters. The number of hydrogen-bond donors (Lipinski definition) is 1. The fraction of sp³-hybridized carbons (Fsp3) is 0.0833. The molecule has 0 spiro atoms. The van der Waals surface area contributed by atoms with Gasteiger partial charge in [0.2, 0.25) is 5.95 Å². The summed E-state index contributed by atoms with van der Waals surface area (Å²) in [6.07, 6.45) is 1.49. The number of nitriles is 1. The summed E-state index contributed by atoms with van der Waals surface area (Å²) in [5, 5.41) is 11.6. The molecule has 1 heterocycles. The van der Waals surface area contributed by atoms with Crippen molar-refractivity contribution in [1.82, 2.24) is 9.97 Å². The van der Waals surface area contributed by atoms with Gasteiger partial charge < -0.3 is 5.32 Å². The molecule has 5 heteroatoms. The normalized spacial score (nSPS) is 9.71. The van der Waals surface area contributed by atoms with E-state index < -0.39 is 0 Å². The highest BCUT2D eigenvalue weighted by Gasteiger charge is 2.02. The van der Waals surface area contributed by atoms with Gasteiger partial charge in [0.25, 0.3) is 0 Å². The predicted molar refractivity (Wildman–Crippen MR) is 61.2 cm³/mol. The molecule has 4 nitrogen and oxygen atoms in total. The van der Waals surface area contributed by atoms with Crippen molar-refractivity contribution in [2.75, 3.05) is 5.32 Å². The molecule has 1 aromatic heterocycles. The molecule has 1 aromatic carbocycles. The van der Waals surface area contributed by atoms with Gasteiger partial charge in [-0.25, -0.2) is 14.4 Å². The Morgan fingerprint density at radius 1 is 1.35 bits per heavy atom. The van der Waals surface area contributed by atoms with Crippen molar-refractivity contribution in [1.29, 1.82) is 5.26 Å². The Bertz CT molecular complexity index is 589. The van der Waals surface area contributed by atoms with Crippen LogP contribution in [0.2, 0.25) is 0 Å². The van der Waals surface area contributed by atoms with Crippen molar-refractivity contribution in [2.45, 2.75) is 6.92 Å². The molecule has 17 heavy (non-hydrogen) atoms. The first-order valence-electron chi connectivity index (χ1n) is 4.95. The van der Waals surface area contributed by atoms with E-state index in [4.69, 9.17) is 5.26 Å². The minimum absolute atomic E-state index is 0.262. The van der Waals surface area contributed by atoms with Gasteiger partial charge in [-0.05, 0) is 36.8 Å². The number of hydrogen-bond acceptors (Lipinski definition) is 4. The van der Waals surface area contributed by atoms with Gasteiger partial charge in [-0.15, -0.1) is 0 Å². The zero-order valence-corrected chi connectivity index (χ0v) is 9.11. The van der Waals surface area contributed by atoms with Gasteiger partial charge in [0.05, 0.1) is 0 Å². The number of benzene rings is 1. The van der Waals surface area contributed by atoms with Gasteiger partial charge in [0.1, 0.15) is 17.6 Å².